The Labute approximate surface area is 131 Å². The lowest BCUT2D eigenvalue weighted by Crippen LogP contribution is -2.37. The number of carbonyl (C=O) groups is 3. The van der Waals surface area contributed by atoms with Crippen LogP contribution in [0, 0.1) is 5.82 Å². The zero-order valence-corrected chi connectivity index (χ0v) is 12.9. The summed E-state index contributed by atoms with van der Waals surface area (Å²) in [5, 5.41) is 2.59. The normalized spacial score (nSPS) is 18.1. The first kappa shape index (κ1) is 16.2. The van der Waals surface area contributed by atoms with E-state index in [-0.39, 0.29) is 23.9 Å². The largest absolute Gasteiger partial charge is 0.352 e. The van der Waals surface area contributed by atoms with Crippen LogP contribution in [0.3, 0.4) is 0 Å². The maximum Gasteiger partial charge on any atom is 0.326 e. The standard InChI is InChI=1S/C14H15ClFN3O3/c1-18-11(13(21)19(2)14(18)22)6-12(20)17-7-8-3-4-10(16)9(15)5-8/h3-5,11H,6-7H2,1-2H3,(H,17,20)/t11-/m1/s1. The average molecular weight is 328 g/mol. The van der Waals surface area contributed by atoms with Gasteiger partial charge in [0.2, 0.25) is 5.91 Å². The van der Waals surface area contributed by atoms with E-state index < -0.39 is 23.8 Å². The van der Waals surface area contributed by atoms with Crippen molar-refractivity contribution in [1.82, 2.24) is 15.1 Å². The van der Waals surface area contributed by atoms with Gasteiger partial charge < -0.3 is 10.2 Å². The van der Waals surface area contributed by atoms with Crippen molar-refractivity contribution in [1.29, 1.82) is 0 Å². The summed E-state index contributed by atoms with van der Waals surface area (Å²) in [5.74, 6) is -1.32. The molecule has 0 radical (unpaired) electrons. The van der Waals surface area contributed by atoms with Crippen molar-refractivity contribution in [2.24, 2.45) is 0 Å². The number of benzene rings is 1. The Morgan fingerprint density at radius 3 is 2.59 bits per heavy atom. The number of hydrogen-bond acceptors (Lipinski definition) is 3. The van der Waals surface area contributed by atoms with Gasteiger partial charge >= 0.3 is 6.03 Å². The number of hydrogen-bond donors (Lipinski definition) is 1. The van der Waals surface area contributed by atoms with Gasteiger partial charge in [0.25, 0.3) is 5.91 Å². The zero-order chi connectivity index (χ0) is 16.4. The second-order valence-corrected chi connectivity index (χ2v) is 5.44. The smallest absolute Gasteiger partial charge is 0.326 e. The van der Waals surface area contributed by atoms with E-state index in [9.17, 15) is 18.8 Å². The van der Waals surface area contributed by atoms with Gasteiger partial charge in [-0.15, -0.1) is 0 Å². The predicted molar refractivity (Wildman–Crippen MR) is 77.6 cm³/mol. The third-order valence-electron chi connectivity index (χ3n) is 3.52. The quantitative estimate of drug-likeness (QED) is 0.849. The summed E-state index contributed by atoms with van der Waals surface area (Å²) in [7, 11) is 2.85. The molecule has 1 fully saturated rings. The molecule has 2 rings (SSSR count). The second kappa shape index (κ2) is 6.31. The molecule has 8 heteroatoms. The van der Waals surface area contributed by atoms with E-state index in [0.29, 0.717) is 5.56 Å². The predicted octanol–water partition coefficient (Wildman–Crippen LogP) is 1.38. The molecule has 0 unspecified atom stereocenters. The fourth-order valence-electron chi connectivity index (χ4n) is 2.18. The molecule has 0 spiro atoms. The van der Waals surface area contributed by atoms with Crippen molar-refractivity contribution in [2.45, 2.75) is 19.0 Å². The van der Waals surface area contributed by atoms with Crippen LogP contribution >= 0.6 is 11.6 Å². The number of urea groups is 1. The van der Waals surface area contributed by atoms with Crippen LogP contribution in [0.5, 0.6) is 0 Å². The molecule has 22 heavy (non-hydrogen) atoms. The highest BCUT2D eigenvalue weighted by atomic mass is 35.5. The molecule has 1 aromatic rings. The lowest BCUT2D eigenvalue weighted by Gasteiger charge is -2.15. The topological polar surface area (TPSA) is 69.7 Å². The van der Waals surface area contributed by atoms with Crippen molar-refractivity contribution in [2.75, 3.05) is 14.1 Å². The molecule has 0 aliphatic carbocycles. The number of imide groups is 1. The van der Waals surface area contributed by atoms with Gasteiger partial charge in [0.05, 0.1) is 11.4 Å². The van der Waals surface area contributed by atoms with Gasteiger partial charge in [-0.05, 0) is 17.7 Å². The molecule has 1 heterocycles. The van der Waals surface area contributed by atoms with Gasteiger partial charge in [0.1, 0.15) is 11.9 Å². The van der Waals surface area contributed by atoms with E-state index in [2.05, 4.69) is 5.32 Å². The molecule has 6 nitrogen and oxygen atoms in total. The lowest BCUT2D eigenvalue weighted by atomic mass is 10.1. The summed E-state index contributed by atoms with van der Waals surface area (Å²) in [4.78, 5) is 37.6. The summed E-state index contributed by atoms with van der Waals surface area (Å²) < 4.78 is 13.0. The van der Waals surface area contributed by atoms with Crippen LogP contribution in [-0.2, 0) is 16.1 Å². The van der Waals surface area contributed by atoms with Crippen LogP contribution in [0.1, 0.15) is 12.0 Å². The van der Waals surface area contributed by atoms with Gasteiger partial charge in [0.15, 0.2) is 0 Å². The summed E-state index contributed by atoms with van der Waals surface area (Å²) in [6.45, 7) is 0.160. The molecule has 1 aliphatic rings. The second-order valence-electron chi connectivity index (χ2n) is 5.04. The fraction of sp³-hybridized carbons (Fsp3) is 0.357. The van der Waals surface area contributed by atoms with E-state index in [1.54, 1.807) is 0 Å². The molecule has 1 N–H and O–H groups in total. The highest BCUT2D eigenvalue weighted by Gasteiger charge is 2.41. The van der Waals surface area contributed by atoms with Gasteiger partial charge in [-0.25, -0.2) is 9.18 Å². The molecule has 1 aliphatic heterocycles. The van der Waals surface area contributed by atoms with Gasteiger partial charge in [-0.2, -0.15) is 0 Å². The van der Waals surface area contributed by atoms with E-state index in [4.69, 9.17) is 11.6 Å². The molecule has 0 aromatic heterocycles. The maximum atomic E-state index is 13.0. The Balaban J connectivity index is 1.92. The molecule has 1 aromatic carbocycles. The Morgan fingerprint density at radius 2 is 2.05 bits per heavy atom. The summed E-state index contributed by atoms with van der Waals surface area (Å²) in [6, 6.07) is 2.90. The molecular formula is C14H15ClFN3O3. The van der Waals surface area contributed by atoms with E-state index in [0.717, 1.165) is 4.90 Å². The minimum atomic E-state index is -0.797. The first-order valence-electron chi connectivity index (χ1n) is 6.56. The van der Waals surface area contributed by atoms with Crippen molar-refractivity contribution in [3.63, 3.8) is 0 Å². The number of nitrogens with one attached hydrogen (secondary N) is 1. The SMILES string of the molecule is CN1C(=O)[C@@H](CC(=O)NCc2ccc(F)c(Cl)c2)N(C)C1=O. The molecule has 118 valence electrons. The summed E-state index contributed by atoms with van der Waals surface area (Å²) >= 11 is 5.65. The average Bonchev–Trinajstić information content (AvgIpc) is 2.66. The van der Waals surface area contributed by atoms with E-state index in [1.807, 2.05) is 0 Å². The molecule has 1 atom stereocenters. The van der Waals surface area contributed by atoms with Crippen molar-refractivity contribution < 1.29 is 18.8 Å². The van der Waals surface area contributed by atoms with Crippen molar-refractivity contribution >= 4 is 29.4 Å². The monoisotopic (exact) mass is 327 g/mol. The van der Waals surface area contributed by atoms with Crippen LogP contribution in [-0.4, -0.2) is 47.8 Å². The van der Waals surface area contributed by atoms with Crippen LogP contribution in [0.2, 0.25) is 5.02 Å². The first-order chi connectivity index (χ1) is 10.3. The fourth-order valence-corrected chi connectivity index (χ4v) is 2.38. The van der Waals surface area contributed by atoms with Crippen LogP contribution in [0.15, 0.2) is 18.2 Å². The lowest BCUT2D eigenvalue weighted by molar-refractivity contribution is -0.131. The van der Waals surface area contributed by atoms with Crippen molar-refractivity contribution in [3.05, 3.63) is 34.6 Å². The van der Waals surface area contributed by atoms with E-state index >= 15 is 0 Å². The van der Waals surface area contributed by atoms with Crippen molar-refractivity contribution in [3.8, 4) is 0 Å². The molecule has 4 amide bonds. The molecule has 0 saturated carbocycles. The molecule has 1 saturated heterocycles. The summed E-state index contributed by atoms with van der Waals surface area (Å²) in [6.07, 6.45) is -0.125. The minimum absolute atomic E-state index is 0.0234. The van der Waals surface area contributed by atoms with Crippen LogP contribution in [0.25, 0.3) is 0 Å². The highest BCUT2D eigenvalue weighted by molar-refractivity contribution is 6.30. The van der Waals surface area contributed by atoms with Gasteiger partial charge in [-0.3, -0.25) is 14.5 Å². The number of carbonyl (C=O) groups excluding carboxylic acids is 3. The Bertz CT molecular complexity index is 638. The third kappa shape index (κ3) is 3.19. The Morgan fingerprint density at radius 1 is 1.36 bits per heavy atom. The zero-order valence-electron chi connectivity index (χ0n) is 12.1. The minimum Gasteiger partial charge on any atom is -0.352 e. The highest BCUT2D eigenvalue weighted by Crippen LogP contribution is 2.17. The number of halogens is 2. The van der Waals surface area contributed by atoms with Crippen LogP contribution < -0.4 is 5.32 Å². The van der Waals surface area contributed by atoms with E-state index in [1.165, 1.54) is 37.2 Å². The number of likely N-dealkylation sites (N-methyl/N-ethyl adjacent to an activating group) is 2. The summed E-state index contributed by atoms with van der Waals surface area (Å²) in [5.41, 5.74) is 0.638. The van der Waals surface area contributed by atoms with Gasteiger partial charge in [0, 0.05) is 20.6 Å². The molecule has 0 bridgehead atoms. The molecular weight excluding hydrogens is 313 g/mol. The maximum absolute atomic E-state index is 13.0. The van der Waals surface area contributed by atoms with Crippen LogP contribution in [0.4, 0.5) is 9.18 Å². The first-order valence-corrected chi connectivity index (χ1v) is 6.94. The number of nitrogens with zero attached hydrogens (tertiary/aromatic N) is 2. The Hall–Kier alpha value is -2.15. The Kier molecular flexibility index (Phi) is 4.65. The van der Waals surface area contributed by atoms with Gasteiger partial charge in [-0.1, -0.05) is 17.7 Å². The number of rotatable bonds is 4. The number of amides is 4. The third-order valence-corrected chi connectivity index (χ3v) is 3.81.